The molecule has 0 saturated carbocycles. The lowest BCUT2D eigenvalue weighted by atomic mass is 9.83. The fourth-order valence-electron chi connectivity index (χ4n) is 3.18. The molecule has 0 aliphatic rings. The molecule has 3 aromatic rings. The fourth-order valence-corrected chi connectivity index (χ4v) is 3.81. The number of methoxy groups -OCH3 is 1. The van der Waals surface area contributed by atoms with E-state index >= 15 is 0 Å². The van der Waals surface area contributed by atoms with Crippen LogP contribution in [0.4, 0.5) is 0 Å². The van der Waals surface area contributed by atoms with Crippen molar-refractivity contribution in [1.29, 1.82) is 0 Å². The zero-order chi connectivity index (χ0) is 24.2. The van der Waals surface area contributed by atoms with Gasteiger partial charge < -0.3 is 15.2 Å². The highest BCUT2D eigenvalue weighted by Crippen LogP contribution is 2.34. The van der Waals surface area contributed by atoms with E-state index in [9.17, 15) is 9.59 Å². The third-order valence-corrected chi connectivity index (χ3v) is 6.01. The number of rotatable bonds is 8. The monoisotopic (exact) mass is 506 g/mol. The van der Waals surface area contributed by atoms with Crippen LogP contribution in [0.2, 0.25) is 15.1 Å². The lowest BCUT2D eigenvalue weighted by molar-refractivity contribution is -0.148. The van der Waals surface area contributed by atoms with Crippen molar-refractivity contribution in [2.24, 2.45) is 11.1 Å². The van der Waals surface area contributed by atoms with Crippen molar-refractivity contribution < 1.29 is 19.1 Å². The zero-order valence-electron chi connectivity index (χ0n) is 17.8. The Bertz CT molecular complexity index is 1150. The summed E-state index contributed by atoms with van der Waals surface area (Å²) in [5.74, 6) is -0.966. The van der Waals surface area contributed by atoms with Gasteiger partial charge in [0.25, 0.3) is 0 Å². The molecule has 33 heavy (non-hydrogen) atoms. The Labute approximate surface area is 206 Å². The minimum Gasteiger partial charge on any atom is -0.468 e. The molecule has 2 atom stereocenters. The predicted octanol–water partition coefficient (Wildman–Crippen LogP) is 5.53. The Morgan fingerprint density at radius 3 is 2.24 bits per heavy atom. The van der Waals surface area contributed by atoms with Crippen LogP contribution < -0.4 is 10.5 Å². The number of nitrogens with zero attached hydrogens (tertiary/aromatic N) is 1. The molecular formula is C24H21Cl3N2O4. The van der Waals surface area contributed by atoms with Gasteiger partial charge in [-0.1, -0.05) is 53.0 Å². The van der Waals surface area contributed by atoms with E-state index in [0.717, 1.165) is 5.56 Å². The lowest BCUT2D eigenvalue weighted by Crippen LogP contribution is -2.43. The Morgan fingerprint density at radius 1 is 1.03 bits per heavy atom. The minimum atomic E-state index is -1.51. The largest absolute Gasteiger partial charge is 0.468 e. The SMILES string of the molecule is COC(=O)C(C)(CN)C(=O)c1ccc(OC(c2ccc(Cl)cc2)c2ccc(Cl)cc2Cl)nc1. The van der Waals surface area contributed by atoms with Crippen molar-refractivity contribution in [3.63, 3.8) is 0 Å². The highest BCUT2D eigenvalue weighted by atomic mass is 35.5. The average molecular weight is 508 g/mol. The molecule has 9 heteroatoms. The van der Waals surface area contributed by atoms with Gasteiger partial charge in [0.1, 0.15) is 5.41 Å². The van der Waals surface area contributed by atoms with Gasteiger partial charge in [-0.25, -0.2) is 4.98 Å². The molecule has 0 spiro atoms. The summed E-state index contributed by atoms with van der Waals surface area (Å²) >= 11 is 18.5. The fraction of sp³-hybridized carbons (Fsp3) is 0.208. The summed E-state index contributed by atoms with van der Waals surface area (Å²) in [5.41, 5.74) is 5.83. The Morgan fingerprint density at radius 2 is 1.70 bits per heavy atom. The molecule has 0 saturated heterocycles. The molecule has 2 unspecified atom stereocenters. The van der Waals surface area contributed by atoms with Crippen molar-refractivity contribution >= 4 is 46.6 Å². The summed E-state index contributed by atoms with van der Waals surface area (Å²) < 4.78 is 10.9. The Kier molecular flexibility index (Phi) is 7.97. The van der Waals surface area contributed by atoms with Crippen molar-refractivity contribution in [3.05, 3.63) is 92.6 Å². The molecule has 0 radical (unpaired) electrons. The molecule has 1 heterocycles. The topological polar surface area (TPSA) is 91.5 Å². The molecule has 3 rings (SSSR count). The summed E-state index contributed by atoms with van der Waals surface area (Å²) in [4.78, 5) is 29.2. The van der Waals surface area contributed by atoms with Crippen LogP contribution in [0.3, 0.4) is 0 Å². The normalized spacial score (nSPS) is 13.6. The van der Waals surface area contributed by atoms with Gasteiger partial charge in [0.05, 0.1) is 7.11 Å². The van der Waals surface area contributed by atoms with Crippen molar-refractivity contribution in [2.75, 3.05) is 13.7 Å². The number of Topliss-reactive ketones (excluding diaryl/α,β-unsaturated/α-hetero) is 1. The van der Waals surface area contributed by atoms with Gasteiger partial charge in [0, 0.05) is 45.0 Å². The number of benzene rings is 2. The van der Waals surface area contributed by atoms with E-state index in [4.69, 9.17) is 50.0 Å². The number of nitrogens with two attached hydrogens (primary N) is 1. The molecule has 2 N–H and O–H groups in total. The van der Waals surface area contributed by atoms with Gasteiger partial charge in [0.15, 0.2) is 11.9 Å². The van der Waals surface area contributed by atoms with E-state index in [1.54, 1.807) is 30.3 Å². The smallest absolute Gasteiger partial charge is 0.320 e. The first-order valence-corrected chi connectivity index (χ1v) is 11.0. The molecule has 0 aliphatic heterocycles. The standard InChI is InChI=1S/C24H21Cl3N2O4/c1-24(13-28,23(31)32-2)22(30)15-5-10-20(29-12-15)33-21(14-3-6-16(25)7-4-14)18-9-8-17(26)11-19(18)27/h3-12,21H,13,28H2,1-2H3. The number of carbonyl (C=O) groups is 2. The average Bonchev–Trinajstić information content (AvgIpc) is 2.82. The summed E-state index contributed by atoms with van der Waals surface area (Å²) in [6.45, 7) is 1.23. The number of halogens is 3. The van der Waals surface area contributed by atoms with Crippen LogP contribution in [0.25, 0.3) is 0 Å². The number of carbonyl (C=O) groups excluding carboxylic acids is 2. The van der Waals surface area contributed by atoms with E-state index in [2.05, 4.69) is 4.98 Å². The van der Waals surface area contributed by atoms with Gasteiger partial charge in [-0.3, -0.25) is 9.59 Å². The number of hydrogen-bond donors (Lipinski definition) is 1. The van der Waals surface area contributed by atoms with Gasteiger partial charge in [-0.15, -0.1) is 0 Å². The van der Waals surface area contributed by atoms with Gasteiger partial charge in [-0.2, -0.15) is 0 Å². The lowest BCUT2D eigenvalue weighted by Gasteiger charge is -2.23. The molecule has 2 aromatic carbocycles. The summed E-state index contributed by atoms with van der Waals surface area (Å²) in [6, 6.07) is 15.3. The van der Waals surface area contributed by atoms with E-state index in [1.807, 2.05) is 12.1 Å². The van der Waals surface area contributed by atoms with E-state index < -0.39 is 23.3 Å². The van der Waals surface area contributed by atoms with Gasteiger partial charge in [-0.05, 0) is 42.8 Å². The van der Waals surface area contributed by atoms with Gasteiger partial charge in [0.2, 0.25) is 5.88 Å². The van der Waals surface area contributed by atoms with Crippen LogP contribution in [0.5, 0.6) is 5.88 Å². The third kappa shape index (κ3) is 5.47. The second-order valence-corrected chi connectivity index (χ2v) is 8.74. The van der Waals surface area contributed by atoms with Crippen molar-refractivity contribution in [2.45, 2.75) is 13.0 Å². The number of aromatic nitrogens is 1. The number of ketones is 1. The van der Waals surface area contributed by atoms with Gasteiger partial charge >= 0.3 is 5.97 Å². The highest BCUT2D eigenvalue weighted by Gasteiger charge is 2.41. The molecule has 172 valence electrons. The summed E-state index contributed by atoms with van der Waals surface area (Å²) in [5, 5.41) is 1.49. The van der Waals surface area contributed by atoms with Crippen LogP contribution in [-0.4, -0.2) is 30.4 Å². The number of hydrogen-bond acceptors (Lipinski definition) is 6. The second kappa shape index (κ2) is 10.5. The van der Waals surface area contributed by atoms with Crippen LogP contribution in [-0.2, 0) is 9.53 Å². The van der Waals surface area contributed by atoms with Crippen LogP contribution in [0, 0.1) is 5.41 Å². The van der Waals surface area contributed by atoms with E-state index in [0.29, 0.717) is 20.6 Å². The van der Waals surface area contributed by atoms with E-state index in [-0.39, 0.29) is 18.0 Å². The maximum Gasteiger partial charge on any atom is 0.320 e. The quantitative estimate of drug-likeness (QED) is 0.245. The highest BCUT2D eigenvalue weighted by molar-refractivity contribution is 6.35. The molecule has 6 nitrogen and oxygen atoms in total. The summed E-state index contributed by atoms with van der Waals surface area (Å²) in [6.07, 6.45) is 0.710. The molecule has 0 aliphatic carbocycles. The van der Waals surface area contributed by atoms with Crippen molar-refractivity contribution in [3.8, 4) is 5.88 Å². The van der Waals surface area contributed by atoms with Crippen LogP contribution in [0.15, 0.2) is 60.8 Å². The summed E-state index contributed by atoms with van der Waals surface area (Å²) in [7, 11) is 1.21. The number of esters is 1. The Balaban J connectivity index is 1.93. The maximum absolute atomic E-state index is 12.9. The molecule has 1 aromatic heterocycles. The first kappa shape index (κ1) is 25.0. The molecule has 0 fully saturated rings. The molecule has 0 bridgehead atoms. The predicted molar refractivity (Wildman–Crippen MR) is 128 cm³/mol. The third-order valence-electron chi connectivity index (χ3n) is 5.20. The first-order valence-electron chi connectivity index (χ1n) is 9.86. The Hall–Kier alpha value is -2.64. The van der Waals surface area contributed by atoms with E-state index in [1.165, 1.54) is 32.4 Å². The van der Waals surface area contributed by atoms with Crippen molar-refractivity contribution in [1.82, 2.24) is 4.98 Å². The molecular weight excluding hydrogens is 487 g/mol. The number of pyridine rings is 1. The first-order chi connectivity index (χ1) is 15.7. The van der Waals surface area contributed by atoms with Crippen LogP contribution in [0.1, 0.15) is 34.5 Å². The van der Waals surface area contributed by atoms with Crippen LogP contribution >= 0.6 is 34.8 Å². The minimum absolute atomic E-state index is 0.202. The zero-order valence-corrected chi connectivity index (χ0v) is 20.1. The number of ether oxygens (including phenoxy) is 2. The maximum atomic E-state index is 12.9. The second-order valence-electron chi connectivity index (χ2n) is 7.46. The molecule has 0 amide bonds.